The lowest BCUT2D eigenvalue weighted by Crippen LogP contribution is -2.44. The van der Waals surface area contributed by atoms with Crippen LogP contribution in [-0.2, 0) is 9.59 Å². The standard InChI is InChI=1S/C19H25N3O2/c23-17(13-7-8-13)21-15-5-3-6-16(10-15)22-18(24)19-9-2-1-4-14(19)11-20-12-19/h3,5-6,10,13-14,20H,1-2,4,7-9,11-12H2,(H,21,23)(H,22,24)/t14-,19+/m0/s1. The Morgan fingerprint density at radius 1 is 1.08 bits per heavy atom. The van der Waals surface area contributed by atoms with Crippen molar-refractivity contribution in [3.63, 3.8) is 0 Å². The lowest BCUT2D eigenvalue weighted by Gasteiger charge is -2.37. The molecule has 0 spiro atoms. The monoisotopic (exact) mass is 327 g/mol. The Balaban J connectivity index is 1.46. The highest BCUT2D eigenvalue weighted by Gasteiger charge is 2.49. The van der Waals surface area contributed by atoms with Gasteiger partial charge in [-0.05, 0) is 56.3 Å². The van der Waals surface area contributed by atoms with Crippen LogP contribution in [0.15, 0.2) is 24.3 Å². The third kappa shape index (κ3) is 2.93. The molecule has 2 amide bonds. The van der Waals surface area contributed by atoms with E-state index in [9.17, 15) is 9.59 Å². The van der Waals surface area contributed by atoms with E-state index in [4.69, 9.17) is 0 Å². The lowest BCUT2D eigenvalue weighted by molar-refractivity contribution is -0.128. The second-order valence-corrected chi connectivity index (χ2v) is 7.53. The molecule has 5 heteroatoms. The van der Waals surface area contributed by atoms with Crippen molar-refractivity contribution < 1.29 is 9.59 Å². The average molecular weight is 327 g/mol. The van der Waals surface area contributed by atoms with Crippen molar-refractivity contribution in [2.24, 2.45) is 17.3 Å². The van der Waals surface area contributed by atoms with Crippen LogP contribution in [-0.4, -0.2) is 24.9 Å². The predicted octanol–water partition coefficient (Wildman–Crippen LogP) is 2.75. The summed E-state index contributed by atoms with van der Waals surface area (Å²) in [7, 11) is 0. The quantitative estimate of drug-likeness (QED) is 0.796. The molecule has 0 unspecified atom stereocenters. The van der Waals surface area contributed by atoms with Gasteiger partial charge >= 0.3 is 0 Å². The number of benzene rings is 1. The summed E-state index contributed by atoms with van der Waals surface area (Å²) in [6.07, 6.45) is 6.43. The molecular weight excluding hydrogens is 302 g/mol. The van der Waals surface area contributed by atoms with Gasteiger partial charge in [0.15, 0.2) is 0 Å². The second-order valence-electron chi connectivity index (χ2n) is 7.53. The summed E-state index contributed by atoms with van der Waals surface area (Å²) in [5.41, 5.74) is 1.26. The Morgan fingerprint density at radius 2 is 1.88 bits per heavy atom. The second kappa shape index (κ2) is 6.20. The van der Waals surface area contributed by atoms with Crippen LogP contribution in [0.4, 0.5) is 11.4 Å². The van der Waals surface area contributed by atoms with E-state index in [1.165, 1.54) is 6.42 Å². The number of hydrogen-bond donors (Lipinski definition) is 3. The fourth-order valence-electron chi connectivity index (χ4n) is 4.21. The SMILES string of the molecule is O=C(Nc1cccc(NC(=O)[C@@]23CCCC[C@H]2CNC3)c1)C1CC1. The van der Waals surface area contributed by atoms with E-state index >= 15 is 0 Å². The Morgan fingerprint density at radius 3 is 2.67 bits per heavy atom. The molecule has 1 heterocycles. The molecule has 5 nitrogen and oxygen atoms in total. The molecule has 3 N–H and O–H groups in total. The smallest absolute Gasteiger partial charge is 0.232 e. The number of amides is 2. The number of carbonyl (C=O) groups excluding carboxylic acids is 2. The van der Waals surface area contributed by atoms with Crippen LogP contribution in [0, 0.1) is 17.3 Å². The molecule has 1 saturated heterocycles. The van der Waals surface area contributed by atoms with Crippen LogP contribution in [0.5, 0.6) is 0 Å². The summed E-state index contributed by atoms with van der Waals surface area (Å²) in [4.78, 5) is 24.9. The first-order chi connectivity index (χ1) is 11.7. The maximum atomic E-state index is 13.0. The number of nitrogens with one attached hydrogen (secondary N) is 3. The van der Waals surface area contributed by atoms with Crippen LogP contribution in [0.3, 0.4) is 0 Å². The van der Waals surface area contributed by atoms with Gasteiger partial charge in [0.25, 0.3) is 0 Å². The summed E-state index contributed by atoms with van der Waals surface area (Å²) >= 11 is 0. The number of rotatable bonds is 4. The molecule has 0 radical (unpaired) electrons. The van der Waals surface area contributed by atoms with Gasteiger partial charge in [-0.25, -0.2) is 0 Å². The summed E-state index contributed by atoms with van der Waals surface area (Å²) < 4.78 is 0. The zero-order valence-electron chi connectivity index (χ0n) is 13.9. The fourth-order valence-corrected chi connectivity index (χ4v) is 4.21. The van der Waals surface area contributed by atoms with Crippen LogP contribution in [0.2, 0.25) is 0 Å². The predicted molar refractivity (Wildman–Crippen MR) is 93.7 cm³/mol. The first kappa shape index (κ1) is 15.6. The molecule has 2 aliphatic carbocycles. The average Bonchev–Trinajstić information content (AvgIpc) is 3.34. The number of carbonyl (C=O) groups is 2. The van der Waals surface area contributed by atoms with Gasteiger partial charge < -0.3 is 16.0 Å². The van der Waals surface area contributed by atoms with Crippen molar-refractivity contribution in [1.29, 1.82) is 0 Å². The first-order valence-electron chi connectivity index (χ1n) is 9.10. The number of hydrogen-bond acceptors (Lipinski definition) is 3. The molecule has 1 aromatic carbocycles. The third-order valence-corrected chi connectivity index (χ3v) is 5.83. The van der Waals surface area contributed by atoms with Gasteiger partial charge in [0.05, 0.1) is 5.41 Å². The van der Waals surface area contributed by atoms with E-state index in [1.807, 2.05) is 24.3 Å². The minimum absolute atomic E-state index is 0.0874. The Hall–Kier alpha value is -1.88. The maximum absolute atomic E-state index is 13.0. The fraction of sp³-hybridized carbons (Fsp3) is 0.579. The molecule has 3 aliphatic rings. The van der Waals surface area contributed by atoms with E-state index in [-0.39, 0.29) is 23.1 Å². The molecule has 3 fully saturated rings. The van der Waals surface area contributed by atoms with Crippen LogP contribution < -0.4 is 16.0 Å². The molecule has 0 bridgehead atoms. The molecule has 2 atom stereocenters. The minimum Gasteiger partial charge on any atom is -0.326 e. The van der Waals surface area contributed by atoms with Crippen LogP contribution in [0.1, 0.15) is 38.5 Å². The highest BCUT2D eigenvalue weighted by Crippen LogP contribution is 2.44. The van der Waals surface area contributed by atoms with E-state index in [0.29, 0.717) is 5.92 Å². The van der Waals surface area contributed by atoms with Gasteiger partial charge in [-0.1, -0.05) is 18.9 Å². The highest BCUT2D eigenvalue weighted by atomic mass is 16.2. The van der Waals surface area contributed by atoms with E-state index in [1.54, 1.807) is 0 Å². The van der Waals surface area contributed by atoms with Gasteiger partial charge in [-0.15, -0.1) is 0 Å². The first-order valence-corrected chi connectivity index (χ1v) is 9.10. The van der Waals surface area contributed by atoms with Gasteiger partial charge in [0.2, 0.25) is 11.8 Å². The molecule has 2 saturated carbocycles. The molecule has 24 heavy (non-hydrogen) atoms. The van der Waals surface area contributed by atoms with E-state index in [2.05, 4.69) is 16.0 Å². The zero-order valence-corrected chi connectivity index (χ0v) is 13.9. The molecule has 1 aromatic rings. The number of fused-ring (bicyclic) bond motifs is 1. The molecule has 4 rings (SSSR count). The Bertz CT molecular complexity index is 656. The summed E-state index contributed by atoms with van der Waals surface area (Å²) in [6, 6.07) is 7.49. The van der Waals surface area contributed by atoms with Gasteiger partial charge in [0.1, 0.15) is 0 Å². The van der Waals surface area contributed by atoms with Crippen LogP contribution in [0.25, 0.3) is 0 Å². The van der Waals surface area contributed by atoms with Gasteiger partial charge in [-0.3, -0.25) is 9.59 Å². The molecule has 128 valence electrons. The summed E-state index contributed by atoms with van der Waals surface area (Å²) in [5, 5.41) is 9.45. The molecule has 1 aliphatic heterocycles. The van der Waals surface area contributed by atoms with Crippen molar-refractivity contribution in [3.8, 4) is 0 Å². The minimum atomic E-state index is -0.258. The number of anilines is 2. The van der Waals surface area contributed by atoms with Gasteiger partial charge in [0, 0.05) is 23.8 Å². The molecule has 0 aromatic heterocycles. The van der Waals surface area contributed by atoms with Crippen molar-refractivity contribution in [2.45, 2.75) is 38.5 Å². The largest absolute Gasteiger partial charge is 0.326 e. The van der Waals surface area contributed by atoms with Gasteiger partial charge in [-0.2, -0.15) is 0 Å². The van der Waals surface area contributed by atoms with Crippen molar-refractivity contribution >= 4 is 23.2 Å². The maximum Gasteiger partial charge on any atom is 0.232 e. The van der Waals surface area contributed by atoms with E-state index in [0.717, 1.165) is 56.6 Å². The molecular formula is C19H25N3O2. The van der Waals surface area contributed by atoms with Crippen LogP contribution >= 0.6 is 0 Å². The normalized spacial score (nSPS) is 28.9. The summed E-state index contributed by atoms with van der Waals surface area (Å²) in [5.74, 6) is 0.839. The van der Waals surface area contributed by atoms with E-state index < -0.39 is 0 Å². The Labute approximate surface area is 142 Å². The highest BCUT2D eigenvalue weighted by molar-refractivity contribution is 5.98. The topological polar surface area (TPSA) is 70.2 Å². The third-order valence-electron chi connectivity index (χ3n) is 5.83. The summed E-state index contributed by atoms with van der Waals surface area (Å²) in [6.45, 7) is 1.73. The zero-order chi connectivity index (χ0) is 16.6. The lowest BCUT2D eigenvalue weighted by atomic mass is 9.67. The van der Waals surface area contributed by atoms with Crippen molar-refractivity contribution in [1.82, 2.24) is 5.32 Å². The Kier molecular flexibility index (Phi) is 4.04. The van der Waals surface area contributed by atoms with Crippen molar-refractivity contribution in [2.75, 3.05) is 23.7 Å². The van der Waals surface area contributed by atoms with Crippen molar-refractivity contribution in [3.05, 3.63) is 24.3 Å².